The number of thiol groups is 1. The van der Waals surface area contributed by atoms with Crippen molar-refractivity contribution in [1.29, 1.82) is 0 Å². The van der Waals surface area contributed by atoms with Crippen LogP contribution in [-0.4, -0.2) is 188 Å². The van der Waals surface area contributed by atoms with Crippen LogP contribution in [0, 0.1) is 5.92 Å². The van der Waals surface area contributed by atoms with E-state index >= 15 is 0 Å². The van der Waals surface area contributed by atoms with Gasteiger partial charge in [-0.05, 0) is 64.1 Å². The Morgan fingerprint density at radius 2 is 1.47 bits per heavy atom. The summed E-state index contributed by atoms with van der Waals surface area (Å²) in [5, 5.41) is 23.7. The van der Waals surface area contributed by atoms with Crippen LogP contribution in [0.1, 0.15) is 51.5 Å². The van der Waals surface area contributed by atoms with Gasteiger partial charge in [0.25, 0.3) is 5.91 Å². The van der Waals surface area contributed by atoms with E-state index in [2.05, 4.69) is 39.2 Å². The number of rotatable bonds is 27. The van der Waals surface area contributed by atoms with Crippen LogP contribution in [0.4, 0.5) is 0 Å². The van der Waals surface area contributed by atoms with Crippen LogP contribution in [0.25, 0.3) is 0 Å². The smallest absolute Gasteiger partial charge is 0.251 e. The SMILES string of the molecule is CC(C)CC(NC(=O)C(O)[C@@H](N)Cc1ccccc1)C(=O)N1CCCC1C(=O)N1CCCC1C(=O)NCCOCCOCC(=O)NCC(NC(=O)CN(C)C)C(=O)NC(CS)C(N)=O. The van der Waals surface area contributed by atoms with Gasteiger partial charge in [-0.1, -0.05) is 44.2 Å². The van der Waals surface area contributed by atoms with Crippen molar-refractivity contribution >= 4 is 59.9 Å². The molecule has 64 heavy (non-hydrogen) atoms. The van der Waals surface area contributed by atoms with Gasteiger partial charge in [-0.15, -0.1) is 0 Å². The van der Waals surface area contributed by atoms with Crippen LogP contribution in [0.15, 0.2) is 30.3 Å². The number of nitrogens with zero attached hydrogens (tertiary/aromatic N) is 3. The van der Waals surface area contributed by atoms with Gasteiger partial charge in [0.05, 0.1) is 26.4 Å². The van der Waals surface area contributed by atoms with Crippen molar-refractivity contribution in [3.8, 4) is 0 Å². The average molecular weight is 921 g/mol. The predicted octanol–water partition coefficient (Wildman–Crippen LogP) is -3.36. The Kier molecular flexibility index (Phi) is 22.9. The highest BCUT2D eigenvalue weighted by Gasteiger charge is 2.44. The van der Waals surface area contributed by atoms with E-state index in [1.807, 2.05) is 44.2 Å². The monoisotopic (exact) mass is 920 g/mol. The Labute approximate surface area is 380 Å². The molecule has 0 aliphatic carbocycles. The first-order valence-corrected chi connectivity index (χ1v) is 22.3. The minimum Gasteiger partial charge on any atom is -0.382 e. The van der Waals surface area contributed by atoms with Gasteiger partial charge in [-0.3, -0.25) is 38.4 Å². The fraction of sp³-hybridized carbons (Fsp3) is 0.667. The van der Waals surface area contributed by atoms with Crippen molar-refractivity contribution in [3.05, 3.63) is 35.9 Å². The number of nitrogens with two attached hydrogens (primary N) is 2. The summed E-state index contributed by atoms with van der Waals surface area (Å²) in [6.45, 7) is 4.13. The number of primary amides is 1. The summed E-state index contributed by atoms with van der Waals surface area (Å²) < 4.78 is 10.9. The van der Waals surface area contributed by atoms with E-state index in [4.69, 9.17) is 20.9 Å². The van der Waals surface area contributed by atoms with Crippen LogP contribution in [0.5, 0.6) is 0 Å². The zero-order valence-corrected chi connectivity index (χ0v) is 38.2. The molecule has 22 heteroatoms. The van der Waals surface area contributed by atoms with Crippen molar-refractivity contribution in [2.75, 3.05) is 79.0 Å². The molecule has 10 N–H and O–H groups in total. The minimum absolute atomic E-state index is 0.00234. The number of likely N-dealkylation sites (tertiary alicyclic amines) is 2. The minimum atomic E-state index is -1.56. The topological polar surface area (TPSA) is 297 Å². The van der Waals surface area contributed by atoms with Gasteiger partial charge in [0.1, 0.15) is 42.9 Å². The summed E-state index contributed by atoms with van der Waals surface area (Å²) in [7, 11) is 3.33. The van der Waals surface area contributed by atoms with E-state index in [9.17, 15) is 43.5 Å². The molecule has 2 heterocycles. The number of hydrogen-bond acceptors (Lipinski definition) is 14. The molecule has 7 atom stereocenters. The number of aliphatic hydroxyl groups is 1. The summed E-state index contributed by atoms with van der Waals surface area (Å²) in [6.07, 6.45) is 0.993. The molecule has 2 aliphatic heterocycles. The Hall–Kier alpha value is -4.87. The molecular formula is C42H68N10O11S. The lowest BCUT2D eigenvalue weighted by molar-refractivity contribution is -0.148. The Morgan fingerprint density at radius 3 is 2.11 bits per heavy atom. The van der Waals surface area contributed by atoms with Crippen LogP contribution < -0.4 is 38.1 Å². The zero-order valence-electron chi connectivity index (χ0n) is 37.3. The molecule has 2 saturated heterocycles. The highest BCUT2D eigenvalue weighted by atomic mass is 32.1. The molecule has 21 nitrogen and oxygen atoms in total. The van der Waals surface area contributed by atoms with Gasteiger partial charge < -0.3 is 67.3 Å². The van der Waals surface area contributed by atoms with Crippen molar-refractivity contribution in [2.24, 2.45) is 17.4 Å². The number of amides is 8. The molecule has 0 bridgehead atoms. The third-order valence-electron chi connectivity index (χ3n) is 10.6. The number of ether oxygens (including phenoxy) is 2. The Bertz CT molecular complexity index is 1730. The molecule has 3 rings (SSSR count). The number of carbonyl (C=O) groups is 8. The second-order valence-electron chi connectivity index (χ2n) is 16.6. The molecule has 0 aromatic heterocycles. The van der Waals surface area contributed by atoms with E-state index < -0.39 is 77.8 Å². The molecule has 1 aromatic carbocycles. The average Bonchev–Trinajstić information content (AvgIpc) is 3.95. The molecule has 358 valence electrons. The largest absolute Gasteiger partial charge is 0.382 e. The second kappa shape index (κ2) is 27.5. The standard InChI is InChI=1S/C42H68N10O11S/c1-26(2)20-29(48-40(59)36(55)28(43)21-27-10-6-5-7-11-27)41(60)52-16-9-13-33(52)42(61)51-15-8-12-32(51)39(58)45-14-17-62-18-19-63-24-35(54)46-22-30(47-34(53)23-50(3)4)38(57)49-31(25-64)37(44)56/h5-7,10-11,26,28-33,36,55,64H,8-9,12-25,43H2,1-4H3,(H2,44,56)(H,45,58)(H,46,54)(H,47,53)(H,48,59)(H,49,57)/t28-,29?,30?,31?,32?,33?,36?/m0/s1. The molecule has 0 spiro atoms. The molecular weight excluding hydrogens is 853 g/mol. The van der Waals surface area contributed by atoms with E-state index in [1.165, 1.54) is 9.80 Å². The molecule has 1 aromatic rings. The molecule has 6 unspecified atom stereocenters. The van der Waals surface area contributed by atoms with Gasteiger partial charge in [-0.2, -0.15) is 12.6 Å². The number of carbonyl (C=O) groups excluding carboxylic acids is 8. The van der Waals surface area contributed by atoms with Crippen molar-refractivity contribution in [3.63, 3.8) is 0 Å². The van der Waals surface area contributed by atoms with Crippen LogP contribution in [0.2, 0.25) is 0 Å². The maximum Gasteiger partial charge on any atom is 0.251 e. The normalized spacial score (nSPS) is 18.5. The van der Waals surface area contributed by atoms with Gasteiger partial charge >= 0.3 is 0 Å². The summed E-state index contributed by atoms with van der Waals surface area (Å²) in [5.41, 5.74) is 12.3. The van der Waals surface area contributed by atoms with Gasteiger partial charge in [-0.25, -0.2) is 0 Å². The first-order valence-electron chi connectivity index (χ1n) is 21.7. The molecule has 2 aliphatic rings. The van der Waals surface area contributed by atoms with E-state index in [1.54, 1.807) is 19.0 Å². The molecule has 8 amide bonds. The Morgan fingerprint density at radius 1 is 0.828 bits per heavy atom. The van der Waals surface area contributed by atoms with Crippen LogP contribution in [-0.2, 0) is 54.3 Å². The highest BCUT2D eigenvalue weighted by Crippen LogP contribution is 2.26. The quantitative estimate of drug-likeness (QED) is 0.0308. The summed E-state index contributed by atoms with van der Waals surface area (Å²) in [4.78, 5) is 108. The first-order chi connectivity index (χ1) is 30.4. The maximum atomic E-state index is 14.0. The van der Waals surface area contributed by atoms with E-state index in [0.717, 1.165) is 5.56 Å². The number of hydrogen-bond donors (Lipinski definition) is 9. The first kappa shape index (κ1) is 53.5. The van der Waals surface area contributed by atoms with Crippen molar-refractivity contribution in [2.45, 2.75) is 94.7 Å². The third-order valence-corrected chi connectivity index (χ3v) is 10.9. The van der Waals surface area contributed by atoms with E-state index in [-0.39, 0.29) is 82.4 Å². The number of nitrogens with one attached hydrogen (secondary N) is 5. The summed E-state index contributed by atoms with van der Waals surface area (Å²) in [5.74, 6) is -4.55. The van der Waals surface area contributed by atoms with Crippen molar-refractivity contribution in [1.82, 2.24) is 41.3 Å². The molecule has 0 saturated carbocycles. The fourth-order valence-electron chi connectivity index (χ4n) is 7.36. The van der Waals surface area contributed by atoms with Gasteiger partial charge in [0.2, 0.25) is 41.4 Å². The van der Waals surface area contributed by atoms with Crippen LogP contribution >= 0.6 is 12.6 Å². The lowest BCUT2D eigenvalue weighted by Gasteiger charge is -2.33. The van der Waals surface area contributed by atoms with Crippen molar-refractivity contribution < 1.29 is 52.9 Å². The fourth-order valence-corrected chi connectivity index (χ4v) is 7.63. The van der Waals surface area contributed by atoms with Gasteiger partial charge in [0, 0.05) is 38.0 Å². The number of aliphatic hydroxyl groups excluding tert-OH is 1. The lowest BCUT2D eigenvalue weighted by atomic mass is 9.99. The summed E-state index contributed by atoms with van der Waals surface area (Å²) in [6, 6.07) is 3.48. The maximum absolute atomic E-state index is 14.0. The molecule has 0 radical (unpaired) electrons. The molecule has 2 fully saturated rings. The third kappa shape index (κ3) is 17.6. The van der Waals surface area contributed by atoms with E-state index in [0.29, 0.717) is 38.8 Å². The lowest BCUT2D eigenvalue weighted by Crippen LogP contribution is -2.58. The van der Waals surface area contributed by atoms with Gasteiger partial charge in [0.15, 0.2) is 0 Å². The highest BCUT2D eigenvalue weighted by molar-refractivity contribution is 7.80. The zero-order chi connectivity index (χ0) is 47.3. The predicted molar refractivity (Wildman–Crippen MR) is 238 cm³/mol. The Balaban J connectivity index is 1.42. The van der Waals surface area contributed by atoms with Crippen LogP contribution in [0.3, 0.4) is 0 Å². The second-order valence-corrected chi connectivity index (χ2v) is 17.0. The summed E-state index contributed by atoms with van der Waals surface area (Å²) >= 11 is 4.00. The number of likely N-dealkylation sites (N-methyl/N-ethyl adjacent to an activating group) is 1. The number of benzene rings is 1.